The number of hydrogen-bond donors (Lipinski definition) is 1. The molecule has 2 aromatic rings. The zero-order valence-electron chi connectivity index (χ0n) is 10.3. The Balaban J connectivity index is 2.34. The summed E-state index contributed by atoms with van der Waals surface area (Å²) in [7, 11) is -3.50. The fraction of sp³-hybridized carbons (Fsp3) is 0.143. The van der Waals surface area contributed by atoms with E-state index in [0.717, 1.165) is 11.1 Å². The summed E-state index contributed by atoms with van der Waals surface area (Å²) in [6.45, 7) is 3.88. The second-order valence-electron chi connectivity index (χ2n) is 4.29. The molecule has 0 saturated carbocycles. The van der Waals surface area contributed by atoms with E-state index in [0.29, 0.717) is 5.69 Å². The maximum absolute atomic E-state index is 12.1. The molecule has 94 valence electrons. The van der Waals surface area contributed by atoms with Crippen molar-refractivity contribution in [2.75, 3.05) is 4.72 Å². The highest BCUT2D eigenvalue weighted by molar-refractivity contribution is 7.92. The van der Waals surface area contributed by atoms with Gasteiger partial charge in [-0.3, -0.25) is 4.72 Å². The predicted molar refractivity (Wildman–Crippen MR) is 73.2 cm³/mol. The lowest BCUT2D eigenvalue weighted by molar-refractivity contribution is 0.601. The topological polar surface area (TPSA) is 46.2 Å². The van der Waals surface area contributed by atoms with E-state index in [1.165, 1.54) is 0 Å². The summed E-state index contributed by atoms with van der Waals surface area (Å²) in [4.78, 5) is 0.268. The minimum Gasteiger partial charge on any atom is -0.280 e. The van der Waals surface area contributed by atoms with E-state index >= 15 is 0 Å². The quantitative estimate of drug-likeness (QED) is 0.922. The fourth-order valence-electron chi connectivity index (χ4n) is 1.85. The van der Waals surface area contributed by atoms with Crippen LogP contribution in [0.4, 0.5) is 5.69 Å². The second kappa shape index (κ2) is 4.82. The summed E-state index contributed by atoms with van der Waals surface area (Å²) >= 11 is 0. The first-order chi connectivity index (χ1) is 8.47. The molecule has 2 aromatic carbocycles. The van der Waals surface area contributed by atoms with Gasteiger partial charge >= 0.3 is 0 Å². The van der Waals surface area contributed by atoms with Crippen LogP contribution in [0.15, 0.2) is 53.4 Å². The minimum absolute atomic E-state index is 0.268. The molecule has 3 nitrogen and oxygen atoms in total. The Morgan fingerprint density at radius 3 is 2.00 bits per heavy atom. The first kappa shape index (κ1) is 12.6. The first-order valence-electron chi connectivity index (χ1n) is 5.63. The van der Waals surface area contributed by atoms with Crippen molar-refractivity contribution in [2.24, 2.45) is 0 Å². The molecule has 0 aromatic heterocycles. The molecule has 0 aliphatic rings. The lowest BCUT2D eigenvalue weighted by atomic mass is 10.1. The number of anilines is 1. The van der Waals surface area contributed by atoms with Gasteiger partial charge < -0.3 is 0 Å². The summed E-state index contributed by atoms with van der Waals surface area (Å²) in [6, 6.07) is 14.0. The zero-order valence-corrected chi connectivity index (χ0v) is 11.2. The summed E-state index contributed by atoms with van der Waals surface area (Å²) in [5, 5.41) is 0. The van der Waals surface area contributed by atoms with Gasteiger partial charge in [0.2, 0.25) is 0 Å². The van der Waals surface area contributed by atoms with Gasteiger partial charge in [-0.2, -0.15) is 0 Å². The van der Waals surface area contributed by atoms with Crippen molar-refractivity contribution >= 4 is 15.7 Å². The van der Waals surface area contributed by atoms with Gasteiger partial charge in [-0.25, -0.2) is 8.42 Å². The SMILES string of the molecule is Cc1cc(C)cc(NS(=O)(=O)c2ccccc2)c1. The van der Waals surface area contributed by atoms with Gasteiger partial charge in [0.15, 0.2) is 0 Å². The number of benzene rings is 2. The molecule has 0 bridgehead atoms. The van der Waals surface area contributed by atoms with Crippen LogP contribution in [0.2, 0.25) is 0 Å². The largest absolute Gasteiger partial charge is 0.280 e. The fourth-order valence-corrected chi connectivity index (χ4v) is 2.91. The maximum atomic E-state index is 12.1. The van der Waals surface area contributed by atoms with Gasteiger partial charge in [0, 0.05) is 5.69 Å². The Hall–Kier alpha value is -1.81. The number of hydrogen-bond acceptors (Lipinski definition) is 2. The van der Waals surface area contributed by atoms with Gasteiger partial charge in [0.05, 0.1) is 4.90 Å². The minimum atomic E-state index is -3.50. The summed E-state index contributed by atoms with van der Waals surface area (Å²) in [5.74, 6) is 0. The highest BCUT2D eigenvalue weighted by Gasteiger charge is 2.13. The van der Waals surface area contributed by atoms with Crippen molar-refractivity contribution in [3.63, 3.8) is 0 Å². The molecule has 0 saturated heterocycles. The van der Waals surface area contributed by atoms with Gasteiger partial charge in [0.1, 0.15) is 0 Å². The Morgan fingerprint density at radius 2 is 1.44 bits per heavy atom. The Morgan fingerprint density at radius 1 is 0.889 bits per heavy atom. The number of nitrogens with one attached hydrogen (secondary N) is 1. The van der Waals surface area contributed by atoms with Crippen LogP contribution in [-0.4, -0.2) is 8.42 Å². The van der Waals surface area contributed by atoms with Crippen LogP contribution < -0.4 is 4.72 Å². The monoisotopic (exact) mass is 261 g/mol. The molecule has 0 heterocycles. The molecule has 0 spiro atoms. The molecular weight excluding hydrogens is 246 g/mol. The van der Waals surface area contributed by atoms with E-state index in [4.69, 9.17) is 0 Å². The molecule has 1 N–H and O–H groups in total. The van der Waals surface area contributed by atoms with E-state index in [2.05, 4.69) is 4.72 Å². The molecule has 0 radical (unpaired) electrons. The molecule has 0 unspecified atom stereocenters. The lowest BCUT2D eigenvalue weighted by Crippen LogP contribution is -2.12. The van der Waals surface area contributed by atoms with Gasteiger partial charge in [-0.15, -0.1) is 0 Å². The smallest absolute Gasteiger partial charge is 0.261 e. The molecule has 0 aliphatic heterocycles. The van der Waals surface area contributed by atoms with Crippen molar-refractivity contribution < 1.29 is 8.42 Å². The third kappa shape index (κ3) is 2.90. The van der Waals surface area contributed by atoms with E-state index in [9.17, 15) is 8.42 Å². The summed E-state index contributed by atoms with van der Waals surface area (Å²) in [6.07, 6.45) is 0. The lowest BCUT2D eigenvalue weighted by Gasteiger charge is -2.09. The molecule has 4 heteroatoms. The molecule has 0 amide bonds. The third-order valence-electron chi connectivity index (χ3n) is 2.53. The van der Waals surface area contributed by atoms with Gasteiger partial charge in [-0.05, 0) is 49.2 Å². The van der Waals surface area contributed by atoms with Crippen molar-refractivity contribution in [1.29, 1.82) is 0 Å². The Kier molecular flexibility index (Phi) is 3.39. The number of sulfonamides is 1. The van der Waals surface area contributed by atoms with Crippen molar-refractivity contribution in [1.82, 2.24) is 0 Å². The zero-order chi connectivity index (χ0) is 13.2. The van der Waals surface area contributed by atoms with Crippen molar-refractivity contribution in [3.05, 3.63) is 59.7 Å². The van der Waals surface area contributed by atoms with Gasteiger partial charge in [-0.1, -0.05) is 24.3 Å². The van der Waals surface area contributed by atoms with Crippen LogP contribution in [-0.2, 0) is 10.0 Å². The van der Waals surface area contributed by atoms with Crippen molar-refractivity contribution in [3.8, 4) is 0 Å². The first-order valence-corrected chi connectivity index (χ1v) is 7.12. The van der Waals surface area contributed by atoms with Crippen LogP contribution in [0.3, 0.4) is 0 Å². The van der Waals surface area contributed by atoms with E-state index in [-0.39, 0.29) is 4.90 Å². The molecule has 2 rings (SSSR count). The Bertz CT molecular complexity index is 628. The average Bonchev–Trinajstić information content (AvgIpc) is 2.28. The normalized spacial score (nSPS) is 11.2. The summed E-state index contributed by atoms with van der Waals surface area (Å²) in [5.41, 5.74) is 2.65. The van der Waals surface area contributed by atoms with E-state index < -0.39 is 10.0 Å². The van der Waals surface area contributed by atoms with Crippen LogP contribution in [0.5, 0.6) is 0 Å². The second-order valence-corrected chi connectivity index (χ2v) is 5.98. The predicted octanol–water partition coefficient (Wildman–Crippen LogP) is 3.10. The standard InChI is InChI=1S/C14H15NO2S/c1-11-8-12(2)10-13(9-11)15-18(16,17)14-6-4-3-5-7-14/h3-10,15H,1-2H3. The van der Waals surface area contributed by atoms with E-state index in [1.54, 1.807) is 30.3 Å². The van der Waals surface area contributed by atoms with Crippen LogP contribution >= 0.6 is 0 Å². The van der Waals surface area contributed by atoms with E-state index in [1.807, 2.05) is 32.0 Å². The molecule has 0 atom stereocenters. The van der Waals surface area contributed by atoms with Crippen LogP contribution in [0.1, 0.15) is 11.1 Å². The van der Waals surface area contributed by atoms with Crippen LogP contribution in [0, 0.1) is 13.8 Å². The molecule has 0 aliphatic carbocycles. The average molecular weight is 261 g/mol. The summed E-state index contributed by atoms with van der Waals surface area (Å²) < 4.78 is 26.8. The maximum Gasteiger partial charge on any atom is 0.261 e. The molecular formula is C14H15NO2S. The number of rotatable bonds is 3. The number of aryl methyl sites for hydroxylation is 2. The highest BCUT2D eigenvalue weighted by atomic mass is 32.2. The Labute approximate surface area is 108 Å². The third-order valence-corrected chi connectivity index (χ3v) is 3.92. The van der Waals surface area contributed by atoms with Crippen molar-refractivity contribution in [2.45, 2.75) is 18.7 Å². The highest BCUT2D eigenvalue weighted by Crippen LogP contribution is 2.18. The molecule has 18 heavy (non-hydrogen) atoms. The van der Waals surface area contributed by atoms with Crippen LogP contribution in [0.25, 0.3) is 0 Å². The molecule has 0 fully saturated rings. The van der Waals surface area contributed by atoms with Gasteiger partial charge in [0.25, 0.3) is 10.0 Å².